The Hall–Kier alpha value is -2.36. The summed E-state index contributed by atoms with van der Waals surface area (Å²) in [4.78, 5) is 23.5. The van der Waals surface area contributed by atoms with Crippen LogP contribution in [0.4, 0.5) is 0 Å². The predicted octanol–water partition coefficient (Wildman–Crippen LogP) is 7.16. The molecule has 0 amide bonds. The monoisotopic (exact) mass is 464 g/mol. The smallest absolute Gasteiger partial charge is 0.339 e. The molecule has 0 unspecified atom stereocenters. The zero-order chi connectivity index (χ0) is 25.1. The second kappa shape index (κ2) is 8.39. The van der Waals surface area contributed by atoms with E-state index >= 15 is 0 Å². The van der Waals surface area contributed by atoms with Gasteiger partial charge in [0.2, 0.25) is 0 Å². The maximum atomic E-state index is 11.9. The van der Waals surface area contributed by atoms with Crippen molar-refractivity contribution in [2.45, 2.75) is 80.1 Å². The Bertz CT molecular complexity index is 1060. The number of carbonyl (C=O) groups is 2. The van der Waals surface area contributed by atoms with Gasteiger partial charge in [-0.15, -0.1) is 0 Å². The number of ether oxygens (including phenoxy) is 1. The third kappa shape index (κ3) is 3.48. The summed E-state index contributed by atoms with van der Waals surface area (Å²) in [7, 11) is 0. The molecule has 1 saturated carbocycles. The minimum absolute atomic E-state index is 0.0365. The molecular formula is C30H40O4. The van der Waals surface area contributed by atoms with Crippen LogP contribution in [0.2, 0.25) is 0 Å². The summed E-state index contributed by atoms with van der Waals surface area (Å²) in [5.74, 6) is 0.552. The highest BCUT2D eigenvalue weighted by Gasteiger charge is 2.63. The van der Waals surface area contributed by atoms with Gasteiger partial charge in [0.25, 0.3) is 0 Å². The Morgan fingerprint density at radius 3 is 2.62 bits per heavy atom. The molecule has 1 fully saturated rings. The highest BCUT2D eigenvalue weighted by atomic mass is 16.5. The summed E-state index contributed by atoms with van der Waals surface area (Å²) in [5.41, 5.74) is 4.59. The van der Waals surface area contributed by atoms with E-state index in [0.717, 1.165) is 31.3 Å². The van der Waals surface area contributed by atoms with Gasteiger partial charge in [0.05, 0.1) is 0 Å². The molecule has 6 atom stereocenters. The number of hydrogen-bond acceptors (Lipinski definition) is 3. The van der Waals surface area contributed by atoms with Crippen molar-refractivity contribution in [3.63, 3.8) is 0 Å². The lowest BCUT2D eigenvalue weighted by atomic mass is 9.51. The van der Waals surface area contributed by atoms with Gasteiger partial charge in [-0.3, -0.25) is 4.79 Å². The molecule has 34 heavy (non-hydrogen) atoms. The quantitative estimate of drug-likeness (QED) is 0.335. The van der Waals surface area contributed by atoms with Gasteiger partial charge in [0.15, 0.2) is 0 Å². The Balaban J connectivity index is 1.75. The van der Waals surface area contributed by atoms with E-state index in [4.69, 9.17) is 4.74 Å². The van der Waals surface area contributed by atoms with Crippen molar-refractivity contribution in [1.82, 2.24) is 0 Å². The highest BCUT2D eigenvalue weighted by Crippen LogP contribution is 2.72. The number of rotatable bonds is 6. The number of cyclic esters (lactones) is 1. The number of carboxylic acid groups (broad SMARTS) is 1. The van der Waals surface area contributed by atoms with E-state index < -0.39 is 5.97 Å². The van der Waals surface area contributed by atoms with E-state index in [2.05, 4.69) is 59.4 Å². The van der Waals surface area contributed by atoms with Crippen molar-refractivity contribution in [2.24, 2.45) is 34.0 Å². The summed E-state index contributed by atoms with van der Waals surface area (Å²) >= 11 is 0. The summed E-state index contributed by atoms with van der Waals surface area (Å²) in [5, 5.41) is 9.51. The Morgan fingerprint density at radius 2 is 2.03 bits per heavy atom. The van der Waals surface area contributed by atoms with E-state index in [9.17, 15) is 14.7 Å². The van der Waals surface area contributed by atoms with Gasteiger partial charge >= 0.3 is 11.9 Å². The van der Waals surface area contributed by atoms with Gasteiger partial charge in [-0.25, -0.2) is 4.79 Å². The van der Waals surface area contributed by atoms with Gasteiger partial charge < -0.3 is 9.84 Å². The largest absolute Gasteiger partial charge is 0.481 e. The third-order valence-corrected chi connectivity index (χ3v) is 10.1. The van der Waals surface area contributed by atoms with E-state index in [0.29, 0.717) is 29.6 Å². The lowest BCUT2D eigenvalue weighted by molar-refractivity contribution is -0.138. The van der Waals surface area contributed by atoms with Crippen LogP contribution in [0.5, 0.6) is 0 Å². The van der Waals surface area contributed by atoms with Crippen LogP contribution in [-0.4, -0.2) is 17.0 Å². The van der Waals surface area contributed by atoms with Crippen molar-refractivity contribution >= 4 is 11.9 Å². The first-order valence-electron chi connectivity index (χ1n) is 12.7. The second-order valence-electron chi connectivity index (χ2n) is 11.8. The number of hydrogen-bond donors (Lipinski definition) is 1. The maximum absolute atomic E-state index is 11.9. The van der Waals surface area contributed by atoms with E-state index in [1.54, 1.807) is 6.92 Å². The topological polar surface area (TPSA) is 63.6 Å². The SMILES string of the molecule is C=C(C)[C@H]1CC=C2[C@H](CC[C@]23C(C)=CC[C@@]3(C)[C@@H](C)/C=C2/C=C(C)C(=O)O2)[C@@]1(C)CCC(=O)O. The molecule has 1 heterocycles. The first kappa shape index (κ1) is 24.8. The number of fused-ring (bicyclic) bond motifs is 2. The van der Waals surface area contributed by atoms with Crippen LogP contribution < -0.4 is 0 Å². The van der Waals surface area contributed by atoms with Gasteiger partial charge in [0.1, 0.15) is 5.76 Å². The predicted molar refractivity (Wildman–Crippen MR) is 135 cm³/mol. The Labute approximate surface area is 204 Å². The van der Waals surface area contributed by atoms with Crippen molar-refractivity contribution in [2.75, 3.05) is 0 Å². The van der Waals surface area contributed by atoms with Gasteiger partial charge in [-0.1, -0.05) is 56.2 Å². The first-order chi connectivity index (χ1) is 15.9. The molecule has 4 nitrogen and oxygen atoms in total. The zero-order valence-electron chi connectivity index (χ0n) is 21.7. The van der Waals surface area contributed by atoms with Crippen LogP contribution in [0, 0.1) is 34.0 Å². The van der Waals surface area contributed by atoms with E-state index in [-0.39, 0.29) is 34.6 Å². The molecule has 0 saturated heterocycles. The van der Waals surface area contributed by atoms with Crippen LogP contribution in [-0.2, 0) is 14.3 Å². The molecule has 0 radical (unpaired) electrons. The number of aliphatic carboxylic acids is 1. The molecule has 3 aliphatic carbocycles. The molecule has 4 heteroatoms. The fraction of sp³-hybridized carbons (Fsp3) is 0.600. The molecule has 184 valence electrons. The Kier molecular flexibility index (Phi) is 6.11. The fourth-order valence-electron chi connectivity index (χ4n) is 7.99. The fourth-order valence-corrected chi connectivity index (χ4v) is 7.99. The average Bonchev–Trinajstić information content (AvgIpc) is 3.39. The minimum atomic E-state index is -0.720. The van der Waals surface area contributed by atoms with Crippen LogP contribution >= 0.6 is 0 Å². The van der Waals surface area contributed by atoms with Gasteiger partial charge in [-0.2, -0.15) is 0 Å². The average molecular weight is 465 g/mol. The summed E-state index contributed by atoms with van der Waals surface area (Å²) in [6.07, 6.45) is 13.8. The molecule has 4 rings (SSSR count). The second-order valence-corrected chi connectivity index (χ2v) is 11.8. The number of allylic oxidation sites excluding steroid dienone is 7. The van der Waals surface area contributed by atoms with Gasteiger partial charge in [-0.05, 0) is 93.6 Å². The molecule has 0 aromatic rings. The molecule has 4 aliphatic rings. The molecule has 0 aromatic heterocycles. The van der Waals surface area contributed by atoms with Crippen molar-refractivity contribution in [3.05, 3.63) is 58.9 Å². The zero-order valence-corrected chi connectivity index (χ0v) is 21.7. The highest BCUT2D eigenvalue weighted by molar-refractivity contribution is 5.92. The normalized spacial score (nSPS) is 38.9. The summed E-state index contributed by atoms with van der Waals surface area (Å²) in [6, 6.07) is 0. The standard InChI is InChI=1S/C30H40O4/c1-18(2)23-8-9-25-24(28(23,6)13-12-26(31)32)11-15-30(25)20(4)10-14-29(30,7)21(5)17-22-16-19(3)27(33)34-22/h9-10,16-17,21,23-24H,1,8,11-15H2,2-7H3,(H,31,32)/b22-17-/t21-,23+,24-,28-,29-,30-/m0/s1. The van der Waals surface area contributed by atoms with Crippen LogP contribution in [0.3, 0.4) is 0 Å². The molecule has 0 aromatic carbocycles. The maximum Gasteiger partial charge on any atom is 0.339 e. The number of esters is 1. The van der Waals surface area contributed by atoms with Crippen LogP contribution in [0.1, 0.15) is 80.1 Å². The first-order valence-corrected chi connectivity index (χ1v) is 12.7. The van der Waals surface area contributed by atoms with Gasteiger partial charge in [0, 0.05) is 17.4 Å². The summed E-state index contributed by atoms with van der Waals surface area (Å²) in [6.45, 7) is 17.5. The molecule has 1 N–H and O–H groups in total. The molecule has 1 spiro atoms. The third-order valence-electron chi connectivity index (χ3n) is 10.1. The lowest BCUT2D eigenvalue weighted by Gasteiger charge is -2.53. The molecule has 0 bridgehead atoms. The number of carbonyl (C=O) groups excluding carboxylic acids is 1. The van der Waals surface area contributed by atoms with Crippen molar-refractivity contribution in [3.8, 4) is 0 Å². The molecule has 1 aliphatic heterocycles. The summed E-state index contributed by atoms with van der Waals surface area (Å²) < 4.78 is 5.49. The van der Waals surface area contributed by atoms with Crippen molar-refractivity contribution < 1.29 is 19.4 Å². The van der Waals surface area contributed by atoms with Crippen LogP contribution in [0.25, 0.3) is 0 Å². The Morgan fingerprint density at radius 1 is 1.32 bits per heavy atom. The van der Waals surface area contributed by atoms with Crippen molar-refractivity contribution in [1.29, 1.82) is 0 Å². The number of carboxylic acids is 1. The lowest BCUT2D eigenvalue weighted by Crippen LogP contribution is -2.45. The van der Waals surface area contributed by atoms with E-state index in [1.165, 1.54) is 11.1 Å². The van der Waals surface area contributed by atoms with Crippen LogP contribution in [0.15, 0.2) is 58.9 Å². The molecular weight excluding hydrogens is 424 g/mol. The minimum Gasteiger partial charge on any atom is -0.481 e. The van der Waals surface area contributed by atoms with E-state index in [1.807, 2.05) is 6.08 Å².